The summed E-state index contributed by atoms with van der Waals surface area (Å²) in [5, 5.41) is 25.5. The van der Waals surface area contributed by atoms with Gasteiger partial charge in [0.05, 0.1) is 28.0 Å². The Hall–Kier alpha value is -3.27. The molecular formula is C28H29ClFN3O2. The summed E-state index contributed by atoms with van der Waals surface area (Å²) in [6.45, 7) is 7.49. The van der Waals surface area contributed by atoms with Crippen LogP contribution in [0.15, 0.2) is 72.4 Å². The standard InChI is InChI=1S/C26H23ClFN3O2.C2H6/c1-2-22-16(6-11-21(33)15-32)7-12-23-25(22)30-31(20-10-5-18(14-29)24(27)13-20)26(23)17-3-8-19(28)9-4-17;1-2/h2-6,8-11,13,16,22-23,26,32H,1,7,12,15H2;1-2H3/b11-6+;. The summed E-state index contributed by atoms with van der Waals surface area (Å²) in [5.74, 6) is -0.644. The molecule has 0 bridgehead atoms. The first-order valence-electron chi connectivity index (χ1n) is 11.7. The van der Waals surface area contributed by atoms with Gasteiger partial charge in [0.2, 0.25) is 0 Å². The number of carbonyl (C=O) groups excluding carboxylic acids is 1. The van der Waals surface area contributed by atoms with E-state index in [9.17, 15) is 14.4 Å². The molecule has 4 rings (SSSR count). The van der Waals surface area contributed by atoms with Gasteiger partial charge in [0.15, 0.2) is 5.78 Å². The number of ketones is 1. The predicted molar refractivity (Wildman–Crippen MR) is 138 cm³/mol. The van der Waals surface area contributed by atoms with Crippen LogP contribution in [-0.4, -0.2) is 23.2 Å². The van der Waals surface area contributed by atoms with Gasteiger partial charge in [-0.15, -0.1) is 6.58 Å². The van der Waals surface area contributed by atoms with E-state index in [1.165, 1.54) is 18.2 Å². The van der Waals surface area contributed by atoms with E-state index in [2.05, 4.69) is 12.6 Å². The highest BCUT2D eigenvalue weighted by molar-refractivity contribution is 6.32. The number of allylic oxidation sites excluding steroid dienone is 2. The molecule has 0 radical (unpaired) electrons. The lowest BCUT2D eigenvalue weighted by Crippen LogP contribution is -2.34. The van der Waals surface area contributed by atoms with E-state index in [-0.39, 0.29) is 35.4 Å². The van der Waals surface area contributed by atoms with Gasteiger partial charge in [-0.3, -0.25) is 9.80 Å². The second-order valence-electron chi connectivity index (χ2n) is 8.23. The number of halogens is 2. The van der Waals surface area contributed by atoms with Crippen molar-refractivity contribution in [1.82, 2.24) is 0 Å². The average Bonchev–Trinajstić information content (AvgIpc) is 3.28. The number of rotatable bonds is 6. The largest absolute Gasteiger partial charge is 0.388 e. The lowest BCUT2D eigenvalue weighted by molar-refractivity contribution is -0.117. The number of aliphatic hydroxyl groups excluding tert-OH is 1. The Labute approximate surface area is 210 Å². The van der Waals surface area contributed by atoms with Crippen molar-refractivity contribution in [2.45, 2.75) is 32.7 Å². The number of fused-ring (bicyclic) bond motifs is 1. The van der Waals surface area contributed by atoms with Gasteiger partial charge in [-0.2, -0.15) is 10.4 Å². The zero-order valence-electron chi connectivity index (χ0n) is 19.9. The van der Waals surface area contributed by atoms with E-state index < -0.39 is 6.61 Å². The number of anilines is 1. The second kappa shape index (κ2) is 11.9. The quantitative estimate of drug-likeness (QED) is 0.381. The minimum atomic E-state index is -0.522. The average molecular weight is 494 g/mol. The van der Waals surface area contributed by atoms with E-state index in [0.717, 1.165) is 29.8 Å². The van der Waals surface area contributed by atoms with Crippen LogP contribution in [0.3, 0.4) is 0 Å². The molecule has 2 aliphatic rings. The molecular weight excluding hydrogens is 465 g/mol. The molecule has 0 aromatic heterocycles. The van der Waals surface area contributed by atoms with Gasteiger partial charge in [-0.1, -0.05) is 49.7 Å². The summed E-state index contributed by atoms with van der Waals surface area (Å²) >= 11 is 6.31. The predicted octanol–water partition coefficient (Wildman–Crippen LogP) is 6.24. The van der Waals surface area contributed by atoms with Crippen LogP contribution in [0, 0.1) is 34.9 Å². The highest BCUT2D eigenvalue weighted by Crippen LogP contribution is 2.48. The molecule has 2 aromatic rings. The van der Waals surface area contributed by atoms with Crippen LogP contribution in [0.5, 0.6) is 0 Å². The van der Waals surface area contributed by atoms with Gasteiger partial charge >= 0.3 is 0 Å². The van der Waals surface area contributed by atoms with E-state index in [1.54, 1.807) is 24.3 Å². The third kappa shape index (κ3) is 5.53. The van der Waals surface area contributed by atoms with Crippen LogP contribution < -0.4 is 5.01 Å². The normalized spacial score (nSPS) is 23.1. The molecule has 0 spiro atoms. The summed E-state index contributed by atoms with van der Waals surface area (Å²) in [4.78, 5) is 11.6. The lowest BCUT2D eigenvalue weighted by Gasteiger charge is -2.35. The molecule has 1 N–H and O–H groups in total. The second-order valence-corrected chi connectivity index (χ2v) is 8.64. The maximum atomic E-state index is 13.7. The summed E-state index contributed by atoms with van der Waals surface area (Å²) in [6, 6.07) is 13.5. The molecule has 4 atom stereocenters. The summed E-state index contributed by atoms with van der Waals surface area (Å²) in [7, 11) is 0. The van der Waals surface area contributed by atoms with Gasteiger partial charge in [0.1, 0.15) is 18.5 Å². The molecule has 182 valence electrons. The maximum Gasteiger partial charge on any atom is 0.180 e. The molecule has 0 saturated heterocycles. The Bertz CT molecular complexity index is 1170. The molecule has 7 heteroatoms. The van der Waals surface area contributed by atoms with Crippen molar-refractivity contribution in [3.8, 4) is 6.07 Å². The molecule has 35 heavy (non-hydrogen) atoms. The SMILES string of the molecule is C=CC1C2=NN(c3ccc(C#N)c(Cl)c3)C(c3ccc(F)cc3)C2CCC1/C=C/C(=O)CO.CC. The molecule has 1 aliphatic heterocycles. The summed E-state index contributed by atoms with van der Waals surface area (Å²) < 4.78 is 13.7. The molecule has 0 amide bonds. The molecule has 1 fully saturated rings. The fourth-order valence-electron chi connectivity index (χ4n) is 4.77. The van der Waals surface area contributed by atoms with Crippen LogP contribution in [-0.2, 0) is 4.79 Å². The van der Waals surface area contributed by atoms with Gasteiger partial charge in [0.25, 0.3) is 0 Å². The summed E-state index contributed by atoms with van der Waals surface area (Å²) in [6.07, 6.45) is 6.73. The minimum absolute atomic E-state index is 0.0337. The first-order chi connectivity index (χ1) is 17.0. The number of nitriles is 1. The fraction of sp³-hybridized carbons (Fsp3) is 0.321. The van der Waals surface area contributed by atoms with Crippen LogP contribution >= 0.6 is 11.6 Å². The third-order valence-electron chi connectivity index (χ3n) is 6.35. The monoisotopic (exact) mass is 493 g/mol. The van der Waals surface area contributed by atoms with E-state index in [1.807, 2.05) is 37.1 Å². The molecule has 5 nitrogen and oxygen atoms in total. The van der Waals surface area contributed by atoms with Crippen LogP contribution in [0.25, 0.3) is 0 Å². The summed E-state index contributed by atoms with van der Waals surface area (Å²) in [5.41, 5.74) is 2.98. The smallest absolute Gasteiger partial charge is 0.180 e. The van der Waals surface area contributed by atoms with Gasteiger partial charge in [0, 0.05) is 11.8 Å². The zero-order valence-corrected chi connectivity index (χ0v) is 20.6. The third-order valence-corrected chi connectivity index (χ3v) is 6.66. The van der Waals surface area contributed by atoms with Crippen LogP contribution in [0.4, 0.5) is 10.1 Å². The fourth-order valence-corrected chi connectivity index (χ4v) is 4.98. The number of aliphatic hydroxyl groups is 1. The number of carbonyl (C=O) groups is 1. The zero-order chi connectivity index (χ0) is 25.5. The molecule has 2 aromatic carbocycles. The van der Waals surface area contributed by atoms with Crippen molar-refractivity contribution in [2.24, 2.45) is 22.9 Å². The van der Waals surface area contributed by atoms with Gasteiger partial charge in [-0.25, -0.2) is 4.39 Å². The minimum Gasteiger partial charge on any atom is -0.388 e. The molecule has 1 heterocycles. The maximum absolute atomic E-state index is 13.7. The first-order valence-corrected chi connectivity index (χ1v) is 12.1. The van der Waals surface area contributed by atoms with Crippen molar-refractivity contribution < 1.29 is 14.3 Å². The van der Waals surface area contributed by atoms with Gasteiger partial charge < -0.3 is 5.11 Å². The van der Waals surface area contributed by atoms with E-state index in [4.69, 9.17) is 21.8 Å². The Morgan fingerprint density at radius 3 is 2.60 bits per heavy atom. The van der Waals surface area contributed by atoms with Crippen molar-refractivity contribution in [2.75, 3.05) is 11.6 Å². The lowest BCUT2D eigenvalue weighted by atomic mass is 9.69. The highest BCUT2D eigenvalue weighted by Gasteiger charge is 2.45. The van der Waals surface area contributed by atoms with Crippen molar-refractivity contribution >= 4 is 28.8 Å². The number of benzene rings is 2. The Balaban J connectivity index is 0.00000167. The number of hydrogen-bond acceptors (Lipinski definition) is 5. The van der Waals surface area contributed by atoms with Crippen molar-refractivity contribution in [1.29, 1.82) is 5.26 Å². The first kappa shape index (κ1) is 26.3. The van der Waals surface area contributed by atoms with Crippen LogP contribution in [0.1, 0.15) is 43.9 Å². The van der Waals surface area contributed by atoms with Crippen molar-refractivity contribution in [3.63, 3.8) is 0 Å². The molecule has 1 aliphatic carbocycles. The highest BCUT2D eigenvalue weighted by atomic mass is 35.5. The number of hydrazone groups is 1. The van der Waals surface area contributed by atoms with Gasteiger partial charge in [-0.05, 0) is 60.7 Å². The number of nitrogens with zero attached hydrogens (tertiary/aromatic N) is 3. The topological polar surface area (TPSA) is 76.7 Å². The Morgan fingerprint density at radius 1 is 1.29 bits per heavy atom. The van der Waals surface area contributed by atoms with E-state index in [0.29, 0.717) is 10.6 Å². The number of hydrogen-bond donors (Lipinski definition) is 1. The van der Waals surface area contributed by atoms with Crippen LogP contribution in [0.2, 0.25) is 5.02 Å². The Kier molecular flexibility index (Phi) is 8.97. The van der Waals surface area contributed by atoms with Crippen molar-refractivity contribution in [3.05, 3.63) is 89.2 Å². The van der Waals surface area contributed by atoms with E-state index >= 15 is 0 Å². The molecule has 4 unspecified atom stereocenters. The molecule has 1 saturated carbocycles. The Morgan fingerprint density at radius 2 is 2.00 bits per heavy atom.